The normalized spacial score (nSPS) is 18.1. The topological polar surface area (TPSA) is 20.3 Å². The van der Waals surface area contributed by atoms with E-state index in [1.807, 2.05) is 18.2 Å². The third-order valence-electron chi connectivity index (χ3n) is 12.3. The van der Waals surface area contributed by atoms with Crippen LogP contribution in [0.3, 0.4) is 0 Å². The van der Waals surface area contributed by atoms with Gasteiger partial charge in [0.15, 0.2) is 5.78 Å². The molecule has 1 unspecified atom stereocenters. The number of ketones is 1. The second-order valence-electron chi connectivity index (χ2n) is 15.6. The van der Waals surface area contributed by atoms with Crippen molar-refractivity contribution in [3.05, 3.63) is 185 Å². The lowest BCUT2D eigenvalue weighted by Gasteiger charge is -2.37. The van der Waals surface area contributed by atoms with Crippen molar-refractivity contribution >= 4 is 22.7 Å². The third kappa shape index (κ3) is 4.20. The minimum atomic E-state index is -0.0948. The van der Waals surface area contributed by atoms with Crippen molar-refractivity contribution in [2.24, 2.45) is 0 Å². The van der Waals surface area contributed by atoms with Crippen molar-refractivity contribution in [1.29, 1.82) is 0 Å². The standard InChI is InChI=1S/C49H39NO/c1-48(2)42-18-9-7-13-36(42)38-26-24-32(28-44(38)48)50(33-25-27-39-37-14-8-10-19-43(37)49(3,4)45(39)29-33)31-22-20-30(21-23-31)34-16-11-17-40-35-12-5-6-15-41(35)47(51)46(34)40/h5-28,33H,29H2,1-4H3. The monoisotopic (exact) mass is 657 g/mol. The second kappa shape index (κ2) is 10.6. The molecule has 0 radical (unpaired) electrons. The number of carbonyl (C=O) groups is 1. The number of allylic oxidation sites excluding steroid dienone is 2. The molecule has 0 amide bonds. The van der Waals surface area contributed by atoms with Crippen LogP contribution in [0.4, 0.5) is 11.4 Å². The molecule has 0 fully saturated rings. The first-order valence-electron chi connectivity index (χ1n) is 18.2. The summed E-state index contributed by atoms with van der Waals surface area (Å²) in [7, 11) is 0. The number of nitrogens with zero attached hydrogens (tertiary/aromatic N) is 1. The van der Waals surface area contributed by atoms with Crippen LogP contribution in [-0.2, 0) is 10.8 Å². The zero-order valence-electron chi connectivity index (χ0n) is 29.5. The van der Waals surface area contributed by atoms with Crippen LogP contribution in [0, 0.1) is 0 Å². The lowest BCUT2D eigenvalue weighted by atomic mass is 9.77. The van der Waals surface area contributed by atoms with E-state index < -0.39 is 0 Å². The maximum absolute atomic E-state index is 13.7. The van der Waals surface area contributed by atoms with Gasteiger partial charge in [-0.05, 0) is 97.5 Å². The lowest BCUT2D eigenvalue weighted by Crippen LogP contribution is -2.33. The minimum absolute atomic E-state index is 0.0379. The van der Waals surface area contributed by atoms with Gasteiger partial charge in [-0.1, -0.05) is 149 Å². The summed E-state index contributed by atoms with van der Waals surface area (Å²) < 4.78 is 0. The van der Waals surface area contributed by atoms with Gasteiger partial charge in [0.05, 0.1) is 6.04 Å². The summed E-state index contributed by atoms with van der Waals surface area (Å²) in [5.41, 5.74) is 19.0. The summed E-state index contributed by atoms with van der Waals surface area (Å²) >= 11 is 0. The Morgan fingerprint density at radius 1 is 0.529 bits per heavy atom. The third-order valence-corrected chi connectivity index (χ3v) is 12.3. The highest BCUT2D eigenvalue weighted by Gasteiger charge is 2.41. The SMILES string of the molecule is CC1(C)C2=C(C=CC(N(c3ccc(-c4cccc5c4C(=O)c4ccccc4-5)cc3)c3ccc4c(c3)C(C)(C)c3ccccc3-4)C2)c2ccccc21. The van der Waals surface area contributed by atoms with Crippen LogP contribution in [0.15, 0.2) is 151 Å². The van der Waals surface area contributed by atoms with Crippen LogP contribution in [0.1, 0.15) is 72.3 Å². The number of hydrogen-bond donors (Lipinski definition) is 0. The fourth-order valence-corrected chi connectivity index (χ4v) is 9.63. The Kier molecular flexibility index (Phi) is 6.28. The highest BCUT2D eigenvalue weighted by Crippen LogP contribution is 2.53. The summed E-state index contributed by atoms with van der Waals surface area (Å²) in [4.78, 5) is 16.2. The molecular formula is C49H39NO. The van der Waals surface area contributed by atoms with Crippen LogP contribution in [0.25, 0.3) is 39.0 Å². The Hall–Kier alpha value is -5.73. The van der Waals surface area contributed by atoms with Crippen LogP contribution in [-0.4, -0.2) is 11.8 Å². The number of fused-ring (bicyclic) bond motifs is 8. The Bertz CT molecular complexity index is 2530. The summed E-state index contributed by atoms with van der Waals surface area (Å²) in [6.45, 7) is 9.48. The van der Waals surface area contributed by atoms with E-state index in [1.54, 1.807) is 0 Å². The maximum Gasteiger partial charge on any atom is 0.194 e. The molecule has 4 aliphatic rings. The molecule has 6 aromatic carbocycles. The average molecular weight is 658 g/mol. The van der Waals surface area contributed by atoms with Gasteiger partial charge in [0.1, 0.15) is 0 Å². The summed E-state index contributed by atoms with van der Waals surface area (Å²) in [6.07, 6.45) is 5.73. The molecular weight excluding hydrogens is 619 g/mol. The Morgan fingerprint density at radius 3 is 1.88 bits per heavy atom. The Balaban J connectivity index is 1.08. The predicted molar refractivity (Wildman–Crippen MR) is 211 cm³/mol. The number of rotatable bonds is 4. The molecule has 0 aliphatic heterocycles. The quantitative estimate of drug-likeness (QED) is 0.188. The van der Waals surface area contributed by atoms with Crippen molar-refractivity contribution in [2.45, 2.75) is 51.0 Å². The smallest absolute Gasteiger partial charge is 0.194 e. The summed E-state index contributed by atoms with van der Waals surface area (Å²) in [5, 5.41) is 0. The fourth-order valence-electron chi connectivity index (χ4n) is 9.63. The summed E-state index contributed by atoms with van der Waals surface area (Å²) in [5.74, 6) is 0.111. The lowest BCUT2D eigenvalue weighted by molar-refractivity contribution is 0.104. The van der Waals surface area contributed by atoms with E-state index in [2.05, 4.69) is 160 Å². The molecule has 246 valence electrons. The van der Waals surface area contributed by atoms with E-state index in [0.717, 1.165) is 45.5 Å². The van der Waals surface area contributed by atoms with E-state index in [9.17, 15) is 4.79 Å². The first kappa shape index (κ1) is 30.1. The molecule has 0 aromatic heterocycles. The molecule has 0 bridgehead atoms. The number of anilines is 2. The number of carbonyl (C=O) groups excluding carboxylic acids is 1. The largest absolute Gasteiger partial charge is 0.334 e. The van der Waals surface area contributed by atoms with Gasteiger partial charge >= 0.3 is 0 Å². The number of hydrogen-bond acceptors (Lipinski definition) is 2. The molecule has 2 heteroatoms. The molecule has 10 rings (SSSR count). The van der Waals surface area contributed by atoms with E-state index in [-0.39, 0.29) is 22.7 Å². The van der Waals surface area contributed by atoms with Crippen LogP contribution < -0.4 is 4.90 Å². The molecule has 0 heterocycles. The zero-order chi connectivity index (χ0) is 34.6. The molecule has 0 saturated carbocycles. The van der Waals surface area contributed by atoms with E-state index >= 15 is 0 Å². The molecule has 0 spiro atoms. The van der Waals surface area contributed by atoms with Gasteiger partial charge in [0.25, 0.3) is 0 Å². The zero-order valence-corrected chi connectivity index (χ0v) is 29.5. The van der Waals surface area contributed by atoms with Crippen LogP contribution in [0.2, 0.25) is 0 Å². The molecule has 4 aliphatic carbocycles. The first-order valence-corrected chi connectivity index (χ1v) is 18.2. The molecule has 0 N–H and O–H groups in total. The Labute approximate surface area is 300 Å². The first-order chi connectivity index (χ1) is 24.7. The van der Waals surface area contributed by atoms with E-state index in [0.29, 0.717) is 0 Å². The highest BCUT2D eigenvalue weighted by molar-refractivity contribution is 6.24. The van der Waals surface area contributed by atoms with Gasteiger partial charge in [0.2, 0.25) is 0 Å². The van der Waals surface area contributed by atoms with Crippen LogP contribution in [0.5, 0.6) is 0 Å². The molecule has 2 nitrogen and oxygen atoms in total. The van der Waals surface area contributed by atoms with Crippen LogP contribution >= 0.6 is 0 Å². The average Bonchev–Trinajstić information content (AvgIpc) is 3.68. The van der Waals surface area contributed by atoms with Gasteiger partial charge in [0, 0.05) is 33.3 Å². The summed E-state index contributed by atoms with van der Waals surface area (Å²) in [6, 6.07) is 48.1. The van der Waals surface area contributed by atoms with E-state index in [1.165, 1.54) is 50.2 Å². The van der Waals surface area contributed by atoms with Gasteiger partial charge in [-0.2, -0.15) is 0 Å². The molecule has 1 atom stereocenters. The van der Waals surface area contributed by atoms with Crippen molar-refractivity contribution in [3.63, 3.8) is 0 Å². The molecule has 0 saturated heterocycles. The van der Waals surface area contributed by atoms with Gasteiger partial charge in [-0.3, -0.25) is 4.79 Å². The van der Waals surface area contributed by atoms with E-state index in [4.69, 9.17) is 0 Å². The second-order valence-corrected chi connectivity index (χ2v) is 15.6. The minimum Gasteiger partial charge on any atom is -0.334 e. The van der Waals surface area contributed by atoms with Crippen molar-refractivity contribution in [2.75, 3.05) is 4.90 Å². The number of benzene rings is 6. The molecule has 51 heavy (non-hydrogen) atoms. The van der Waals surface area contributed by atoms with Gasteiger partial charge in [-0.25, -0.2) is 0 Å². The Morgan fingerprint density at radius 2 is 1.12 bits per heavy atom. The van der Waals surface area contributed by atoms with Crippen molar-refractivity contribution < 1.29 is 4.79 Å². The predicted octanol–water partition coefficient (Wildman–Crippen LogP) is 12.1. The van der Waals surface area contributed by atoms with Gasteiger partial charge in [-0.15, -0.1) is 0 Å². The maximum atomic E-state index is 13.7. The highest BCUT2D eigenvalue weighted by atomic mass is 16.1. The van der Waals surface area contributed by atoms with Crippen molar-refractivity contribution in [3.8, 4) is 33.4 Å². The molecule has 6 aromatic rings. The van der Waals surface area contributed by atoms with Crippen molar-refractivity contribution in [1.82, 2.24) is 0 Å². The fraction of sp³-hybridized carbons (Fsp3) is 0.163. The van der Waals surface area contributed by atoms with Gasteiger partial charge < -0.3 is 4.90 Å².